The van der Waals surface area contributed by atoms with Crippen molar-refractivity contribution >= 4 is 0 Å². The van der Waals surface area contributed by atoms with Gasteiger partial charge in [0.05, 0.1) is 18.8 Å². The molecular formula is C13H28N2O2. The maximum Gasteiger partial charge on any atom is 0.0658 e. The van der Waals surface area contributed by atoms with Crippen molar-refractivity contribution in [2.24, 2.45) is 11.7 Å². The van der Waals surface area contributed by atoms with Crippen LogP contribution in [0.3, 0.4) is 0 Å². The van der Waals surface area contributed by atoms with E-state index in [1.54, 1.807) is 14.2 Å². The molecule has 4 heteroatoms. The summed E-state index contributed by atoms with van der Waals surface area (Å²) in [7, 11) is 3.54. The first kappa shape index (κ1) is 14.9. The Morgan fingerprint density at radius 2 is 2.12 bits per heavy atom. The normalized spacial score (nSPS) is 25.8. The van der Waals surface area contributed by atoms with Crippen LogP contribution >= 0.6 is 0 Å². The van der Waals surface area contributed by atoms with E-state index in [2.05, 4.69) is 11.8 Å². The molecular weight excluding hydrogens is 216 g/mol. The summed E-state index contributed by atoms with van der Waals surface area (Å²) in [6.07, 6.45) is 3.54. The topological polar surface area (TPSA) is 47.7 Å². The lowest BCUT2D eigenvalue weighted by atomic mass is 9.89. The fraction of sp³-hybridized carbons (Fsp3) is 1.00. The van der Waals surface area contributed by atoms with Crippen LogP contribution in [0.4, 0.5) is 0 Å². The van der Waals surface area contributed by atoms with E-state index in [0.29, 0.717) is 12.5 Å². The summed E-state index contributed by atoms with van der Waals surface area (Å²) in [5.41, 5.74) is 6.02. The number of ether oxygens (including phenoxy) is 2. The first-order valence-electron chi connectivity index (χ1n) is 6.65. The first-order valence-corrected chi connectivity index (χ1v) is 6.65. The lowest BCUT2D eigenvalue weighted by Gasteiger charge is -2.46. The van der Waals surface area contributed by atoms with Crippen molar-refractivity contribution in [1.82, 2.24) is 4.90 Å². The van der Waals surface area contributed by atoms with Crippen molar-refractivity contribution in [2.75, 3.05) is 47.1 Å². The Morgan fingerprint density at radius 1 is 1.35 bits per heavy atom. The molecule has 1 saturated heterocycles. The lowest BCUT2D eigenvalue weighted by Crippen LogP contribution is -2.59. The number of nitrogens with two attached hydrogens (primary N) is 1. The third kappa shape index (κ3) is 3.65. The molecule has 0 aromatic heterocycles. The van der Waals surface area contributed by atoms with Gasteiger partial charge in [0.25, 0.3) is 0 Å². The Kier molecular flexibility index (Phi) is 6.41. The Hall–Kier alpha value is -0.160. The predicted molar refractivity (Wildman–Crippen MR) is 70.1 cm³/mol. The van der Waals surface area contributed by atoms with E-state index < -0.39 is 0 Å². The molecule has 0 amide bonds. The molecule has 1 aliphatic heterocycles. The van der Waals surface area contributed by atoms with Gasteiger partial charge in [0.15, 0.2) is 0 Å². The maximum atomic E-state index is 6.00. The molecule has 0 radical (unpaired) electrons. The second-order valence-electron chi connectivity index (χ2n) is 5.12. The third-order valence-electron chi connectivity index (χ3n) is 4.04. The standard InChI is InChI=1S/C13H28N2O2/c1-4-13(10-14,11-17-3)15-7-5-6-12(8-15)9-16-2/h12H,4-11,14H2,1-3H3. The molecule has 0 saturated carbocycles. The van der Waals surface area contributed by atoms with Crippen LogP contribution in [0.15, 0.2) is 0 Å². The highest BCUT2D eigenvalue weighted by Gasteiger charge is 2.36. The molecule has 102 valence electrons. The molecule has 0 aromatic rings. The summed E-state index contributed by atoms with van der Waals surface area (Å²) in [5, 5.41) is 0. The van der Waals surface area contributed by atoms with Gasteiger partial charge in [-0.15, -0.1) is 0 Å². The van der Waals surface area contributed by atoms with Crippen molar-refractivity contribution in [3.63, 3.8) is 0 Å². The van der Waals surface area contributed by atoms with Crippen molar-refractivity contribution < 1.29 is 9.47 Å². The van der Waals surface area contributed by atoms with E-state index in [4.69, 9.17) is 15.2 Å². The smallest absolute Gasteiger partial charge is 0.0658 e. The van der Waals surface area contributed by atoms with Crippen LogP contribution in [0, 0.1) is 5.92 Å². The van der Waals surface area contributed by atoms with Crippen molar-refractivity contribution in [2.45, 2.75) is 31.7 Å². The average molecular weight is 244 g/mol. The molecule has 0 bridgehead atoms. The minimum Gasteiger partial charge on any atom is -0.384 e. The average Bonchev–Trinajstić information content (AvgIpc) is 2.37. The highest BCUT2D eigenvalue weighted by Crippen LogP contribution is 2.26. The zero-order valence-corrected chi connectivity index (χ0v) is 11.6. The number of hydrogen-bond acceptors (Lipinski definition) is 4. The van der Waals surface area contributed by atoms with Gasteiger partial charge in [0.2, 0.25) is 0 Å². The molecule has 1 fully saturated rings. The molecule has 4 nitrogen and oxygen atoms in total. The van der Waals surface area contributed by atoms with Gasteiger partial charge in [-0.1, -0.05) is 6.92 Å². The van der Waals surface area contributed by atoms with E-state index >= 15 is 0 Å². The van der Waals surface area contributed by atoms with Gasteiger partial charge in [0.1, 0.15) is 0 Å². The van der Waals surface area contributed by atoms with Crippen molar-refractivity contribution in [3.8, 4) is 0 Å². The minimum atomic E-state index is 0.0150. The van der Waals surface area contributed by atoms with Crippen molar-refractivity contribution in [3.05, 3.63) is 0 Å². The lowest BCUT2D eigenvalue weighted by molar-refractivity contribution is -0.0228. The third-order valence-corrected chi connectivity index (χ3v) is 4.04. The number of nitrogens with zero attached hydrogens (tertiary/aromatic N) is 1. The van der Waals surface area contributed by atoms with Crippen LogP contribution in [0.1, 0.15) is 26.2 Å². The molecule has 17 heavy (non-hydrogen) atoms. The molecule has 0 spiro atoms. The quantitative estimate of drug-likeness (QED) is 0.728. The van der Waals surface area contributed by atoms with Gasteiger partial charge in [-0.05, 0) is 31.7 Å². The number of hydrogen-bond donors (Lipinski definition) is 1. The fourth-order valence-corrected chi connectivity index (χ4v) is 2.89. The number of rotatable bonds is 7. The largest absolute Gasteiger partial charge is 0.384 e. The molecule has 2 atom stereocenters. The molecule has 0 aliphatic carbocycles. The number of piperidine rings is 1. The van der Waals surface area contributed by atoms with Crippen LogP contribution < -0.4 is 5.73 Å². The van der Waals surface area contributed by atoms with E-state index in [-0.39, 0.29) is 5.54 Å². The van der Waals surface area contributed by atoms with Crippen LogP contribution in [0.2, 0.25) is 0 Å². The van der Waals surface area contributed by atoms with Crippen LogP contribution in [-0.2, 0) is 9.47 Å². The SMILES string of the molecule is CCC(CN)(COC)N1CCCC(COC)C1. The second-order valence-corrected chi connectivity index (χ2v) is 5.12. The Morgan fingerprint density at radius 3 is 2.65 bits per heavy atom. The molecule has 1 rings (SSSR count). The zero-order chi connectivity index (χ0) is 12.7. The summed E-state index contributed by atoms with van der Waals surface area (Å²) >= 11 is 0. The maximum absolute atomic E-state index is 6.00. The number of methoxy groups -OCH3 is 2. The van der Waals surface area contributed by atoms with E-state index in [1.807, 2.05) is 0 Å². The Balaban J connectivity index is 2.66. The minimum absolute atomic E-state index is 0.0150. The molecule has 2 unspecified atom stereocenters. The summed E-state index contributed by atoms with van der Waals surface area (Å²) < 4.78 is 10.7. The van der Waals surface area contributed by atoms with Gasteiger partial charge < -0.3 is 15.2 Å². The molecule has 1 heterocycles. The second kappa shape index (κ2) is 7.31. The molecule has 1 aliphatic rings. The monoisotopic (exact) mass is 244 g/mol. The Bertz CT molecular complexity index is 206. The van der Waals surface area contributed by atoms with Crippen molar-refractivity contribution in [1.29, 1.82) is 0 Å². The summed E-state index contributed by atoms with van der Waals surface area (Å²) in [5.74, 6) is 0.642. The highest BCUT2D eigenvalue weighted by molar-refractivity contribution is 4.93. The van der Waals surface area contributed by atoms with Gasteiger partial charge in [-0.2, -0.15) is 0 Å². The number of likely N-dealkylation sites (tertiary alicyclic amines) is 1. The Labute approximate surface area is 105 Å². The van der Waals surface area contributed by atoms with Gasteiger partial charge in [0, 0.05) is 27.3 Å². The summed E-state index contributed by atoms with van der Waals surface area (Å²) in [6.45, 7) is 6.66. The summed E-state index contributed by atoms with van der Waals surface area (Å²) in [6, 6.07) is 0. The van der Waals surface area contributed by atoms with Gasteiger partial charge in [-0.25, -0.2) is 0 Å². The molecule has 2 N–H and O–H groups in total. The summed E-state index contributed by atoms with van der Waals surface area (Å²) in [4.78, 5) is 2.52. The first-order chi connectivity index (χ1) is 8.22. The van der Waals surface area contributed by atoms with Gasteiger partial charge in [-0.3, -0.25) is 4.90 Å². The zero-order valence-electron chi connectivity index (χ0n) is 11.6. The van der Waals surface area contributed by atoms with E-state index in [9.17, 15) is 0 Å². The highest BCUT2D eigenvalue weighted by atomic mass is 16.5. The molecule has 0 aromatic carbocycles. The van der Waals surface area contributed by atoms with E-state index in [1.165, 1.54) is 12.8 Å². The fourth-order valence-electron chi connectivity index (χ4n) is 2.89. The van der Waals surface area contributed by atoms with Crippen LogP contribution in [0.25, 0.3) is 0 Å². The van der Waals surface area contributed by atoms with Crippen LogP contribution in [0.5, 0.6) is 0 Å². The van der Waals surface area contributed by atoms with Gasteiger partial charge >= 0.3 is 0 Å². The predicted octanol–water partition coefficient (Wildman–Crippen LogP) is 1.10. The van der Waals surface area contributed by atoms with Crippen LogP contribution in [-0.4, -0.2) is 57.5 Å². The van der Waals surface area contributed by atoms with E-state index in [0.717, 1.165) is 32.7 Å².